The number of nitrogens with one attached hydrogen (secondary N) is 1. The molecule has 3 rings (SSSR count). The van der Waals surface area contributed by atoms with E-state index in [1.807, 2.05) is 36.4 Å². The Labute approximate surface area is 140 Å². The van der Waals surface area contributed by atoms with E-state index in [9.17, 15) is 4.79 Å². The third-order valence-electron chi connectivity index (χ3n) is 3.59. The Bertz CT molecular complexity index is 818. The summed E-state index contributed by atoms with van der Waals surface area (Å²) in [5, 5.41) is 2.88. The van der Waals surface area contributed by atoms with E-state index in [2.05, 4.69) is 15.3 Å². The summed E-state index contributed by atoms with van der Waals surface area (Å²) in [6.07, 6.45) is 5.25. The number of amides is 1. The Morgan fingerprint density at radius 1 is 1.08 bits per heavy atom. The van der Waals surface area contributed by atoms with E-state index in [1.54, 1.807) is 37.8 Å². The number of benzene rings is 1. The average Bonchev–Trinajstić information content (AvgIpc) is 2.67. The van der Waals surface area contributed by atoms with Crippen molar-refractivity contribution in [1.29, 1.82) is 0 Å². The van der Waals surface area contributed by atoms with Gasteiger partial charge in [0, 0.05) is 30.7 Å². The van der Waals surface area contributed by atoms with Gasteiger partial charge in [-0.25, -0.2) is 0 Å². The molecule has 120 valence electrons. The Balaban J connectivity index is 1.66. The lowest BCUT2D eigenvalue weighted by Gasteiger charge is -2.09. The van der Waals surface area contributed by atoms with Gasteiger partial charge in [0.15, 0.2) is 0 Å². The summed E-state index contributed by atoms with van der Waals surface area (Å²) >= 11 is 0. The smallest absolute Gasteiger partial charge is 0.255 e. The molecule has 2 heterocycles. The third kappa shape index (κ3) is 3.57. The van der Waals surface area contributed by atoms with Gasteiger partial charge in [-0.2, -0.15) is 0 Å². The van der Waals surface area contributed by atoms with Gasteiger partial charge in [0.05, 0.1) is 18.4 Å². The molecule has 0 saturated carbocycles. The van der Waals surface area contributed by atoms with Crippen LogP contribution in [0.5, 0.6) is 5.75 Å². The topological polar surface area (TPSA) is 64.1 Å². The van der Waals surface area contributed by atoms with Crippen molar-refractivity contribution in [2.24, 2.45) is 0 Å². The molecule has 5 heteroatoms. The number of pyridine rings is 2. The van der Waals surface area contributed by atoms with Crippen LogP contribution in [-0.2, 0) is 6.54 Å². The van der Waals surface area contributed by atoms with Crippen molar-refractivity contribution >= 4 is 5.91 Å². The van der Waals surface area contributed by atoms with Gasteiger partial charge in [0.1, 0.15) is 5.75 Å². The number of hydrogen-bond donors (Lipinski definition) is 1. The van der Waals surface area contributed by atoms with Crippen molar-refractivity contribution < 1.29 is 9.53 Å². The van der Waals surface area contributed by atoms with E-state index < -0.39 is 0 Å². The number of rotatable bonds is 5. The molecule has 1 N–H and O–H groups in total. The monoisotopic (exact) mass is 319 g/mol. The number of aromatic nitrogens is 2. The van der Waals surface area contributed by atoms with Crippen LogP contribution in [0.15, 0.2) is 67.1 Å². The average molecular weight is 319 g/mol. The highest BCUT2D eigenvalue weighted by Gasteiger charge is 2.11. The Morgan fingerprint density at radius 3 is 2.67 bits per heavy atom. The zero-order chi connectivity index (χ0) is 16.8. The van der Waals surface area contributed by atoms with Crippen molar-refractivity contribution in [3.05, 3.63) is 78.2 Å². The summed E-state index contributed by atoms with van der Waals surface area (Å²) in [6.45, 7) is 0.400. The first kappa shape index (κ1) is 15.7. The van der Waals surface area contributed by atoms with Crippen LogP contribution in [-0.4, -0.2) is 23.0 Å². The number of methoxy groups -OCH3 is 1. The van der Waals surface area contributed by atoms with Crippen molar-refractivity contribution in [3.63, 3.8) is 0 Å². The summed E-state index contributed by atoms with van der Waals surface area (Å²) in [5.41, 5.74) is 3.25. The van der Waals surface area contributed by atoms with E-state index >= 15 is 0 Å². The molecule has 0 atom stereocenters. The molecular formula is C19H17N3O2. The van der Waals surface area contributed by atoms with Crippen molar-refractivity contribution in [3.8, 4) is 17.0 Å². The first-order chi connectivity index (χ1) is 11.8. The van der Waals surface area contributed by atoms with Gasteiger partial charge in [-0.3, -0.25) is 14.8 Å². The quantitative estimate of drug-likeness (QED) is 0.785. The normalized spacial score (nSPS) is 10.2. The fraction of sp³-hybridized carbons (Fsp3) is 0.105. The van der Waals surface area contributed by atoms with Crippen molar-refractivity contribution in [2.75, 3.05) is 7.11 Å². The summed E-state index contributed by atoms with van der Waals surface area (Å²) in [6, 6.07) is 14.8. The van der Waals surface area contributed by atoms with Gasteiger partial charge in [0.25, 0.3) is 5.91 Å². The number of carbonyl (C=O) groups excluding carboxylic acids is 1. The molecule has 0 unspecified atom stereocenters. The van der Waals surface area contributed by atoms with Crippen LogP contribution in [0.4, 0.5) is 0 Å². The van der Waals surface area contributed by atoms with Crippen LogP contribution in [0.1, 0.15) is 15.9 Å². The molecule has 0 spiro atoms. The largest absolute Gasteiger partial charge is 0.496 e. The van der Waals surface area contributed by atoms with Crippen LogP contribution in [0.3, 0.4) is 0 Å². The van der Waals surface area contributed by atoms with Gasteiger partial charge in [-0.15, -0.1) is 0 Å². The molecule has 0 aliphatic rings. The number of hydrogen-bond acceptors (Lipinski definition) is 4. The minimum atomic E-state index is -0.177. The first-order valence-electron chi connectivity index (χ1n) is 7.54. The molecule has 0 saturated heterocycles. The van der Waals surface area contributed by atoms with Crippen LogP contribution in [0.2, 0.25) is 0 Å². The van der Waals surface area contributed by atoms with Gasteiger partial charge in [-0.1, -0.05) is 18.2 Å². The number of nitrogens with zero attached hydrogens (tertiary/aromatic N) is 2. The summed E-state index contributed by atoms with van der Waals surface area (Å²) < 4.78 is 5.20. The predicted octanol–water partition coefficient (Wildman–Crippen LogP) is 3.08. The van der Waals surface area contributed by atoms with Gasteiger partial charge in [0.2, 0.25) is 0 Å². The lowest BCUT2D eigenvalue weighted by Crippen LogP contribution is -2.23. The van der Waals surface area contributed by atoms with Crippen LogP contribution >= 0.6 is 0 Å². The summed E-state index contributed by atoms with van der Waals surface area (Å²) in [4.78, 5) is 20.8. The fourth-order valence-electron chi connectivity index (χ4n) is 2.32. The molecule has 1 amide bonds. The van der Waals surface area contributed by atoms with Crippen molar-refractivity contribution in [1.82, 2.24) is 15.3 Å². The first-order valence-corrected chi connectivity index (χ1v) is 7.54. The maximum absolute atomic E-state index is 12.3. The Hall–Kier alpha value is -3.21. The minimum absolute atomic E-state index is 0.177. The number of para-hydroxylation sites is 1. The van der Waals surface area contributed by atoms with E-state index in [0.717, 1.165) is 16.8 Å². The molecule has 0 aliphatic heterocycles. The molecule has 3 aromatic rings. The second-order valence-corrected chi connectivity index (χ2v) is 5.18. The zero-order valence-electron chi connectivity index (χ0n) is 13.3. The highest BCUT2D eigenvalue weighted by atomic mass is 16.5. The molecule has 24 heavy (non-hydrogen) atoms. The summed E-state index contributed by atoms with van der Waals surface area (Å²) in [7, 11) is 1.55. The number of ether oxygens (including phenoxy) is 1. The standard InChI is InChI=1S/C19H17N3O2/c1-24-18-7-3-2-6-16(18)19(23)22-12-14-8-9-17(21-11-14)15-5-4-10-20-13-15/h2-11,13H,12H2,1H3,(H,22,23). The van der Waals surface area contributed by atoms with E-state index in [0.29, 0.717) is 17.9 Å². The highest BCUT2D eigenvalue weighted by molar-refractivity contribution is 5.96. The maximum Gasteiger partial charge on any atom is 0.255 e. The van der Waals surface area contributed by atoms with Crippen molar-refractivity contribution in [2.45, 2.75) is 6.54 Å². The fourth-order valence-corrected chi connectivity index (χ4v) is 2.32. The molecule has 1 aromatic carbocycles. The summed E-state index contributed by atoms with van der Waals surface area (Å²) in [5.74, 6) is 0.379. The predicted molar refractivity (Wildman–Crippen MR) is 91.6 cm³/mol. The SMILES string of the molecule is COc1ccccc1C(=O)NCc1ccc(-c2cccnc2)nc1. The van der Waals surface area contributed by atoms with Crippen LogP contribution < -0.4 is 10.1 Å². The van der Waals surface area contributed by atoms with Gasteiger partial charge < -0.3 is 10.1 Å². The molecule has 5 nitrogen and oxygen atoms in total. The second kappa shape index (κ2) is 7.37. The Kier molecular flexibility index (Phi) is 4.81. The van der Waals surface area contributed by atoms with Crippen LogP contribution in [0.25, 0.3) is 11.3 Å². The second-order valence-electron chi connectivity index (χ2n) is 5.18. The van der Waals surface area contributed by atoms with E-state index in [1.165, 1.54) is 0 Å². The molecule has 2 aromatic heterocycles. The van der Waals surface area contributed by atoms with Crippen LogP contribution in [0, 0.1) is 0 Å². The van der Waals surface area contributed by atoms with E-state index in [4.69, 9.17) is 4.74 Å². The van der Waals surface area contributed by atoms with E-state index in [-0.39, 0.29) is 5.91 Å². The Morgan fingerprint density at radius 2 is 1.96 bits per heavy atom. The highest BCUT2D eigenvalue weighted by Crippen LogP contribution is 2.18. The molecule has 0 radical (unpaired) electrons. The third-order valence-corrected chi connectivity index (χ3v) is 3.59. The molecular weight excluding hydrogens is 302 g/mol. The van der Waals surface area contributed by atoms with Gasteiger partial charge >= 0.3 is 0 Å². The zero-order valence-corrected chi connectivity index (χ0v) is 13.3. The maximum atomic E-state index is 12.3. The minimum Gasteiger partial charge on any atom is -0.496 e. The number of carbonyl (C=O) groups is 1. The lowest BCUT2D eigenvalue weighted by molar-refractivity contribution is 0.0948. The molecule has 0 bridgehead atoms. The lowest BCUT2D eigenvalue weighted by atomic mass is 10.1. The van der Waals surface area contributed by atoms with Gasteiger partial charge in [-0.05, 0) is 35.9 Å². The molecule has 0 aliphatic carbocycles. The molecule has 0 fully saturated rings.